The second-order valence-corrected chi connectivity index (χ2v) is 4.83. The van der Waals surface area contributed by atoms with Gasteiger partial charge in [0.05, 0.1) is 0 Å². The van der Waals surface area contributed by atoms with Gasteiger partial charge >= 0.3 is 0 Å². The summed E-state index contributed by atoms with van der Waals surface area (Å²) in [7, 11) is 0. The van der Waals surface area contributed by atoms with Crippen molar-refractivity contribution in [1.82, 2.24) is 9.55 Å². The third kappa shape index (κ3) is 5.42. The Labute approximate surface area is 115 Å². The Balaban J connectivity index is 2.34. The Bertz CT molecular complexity index is 415. The van der Waals surface area contributed by atoms with Crippen molar-refractivity contribution in [2.75, 3.05) is 25.1 Å². The van der Waals surface area contributed by atoms with E-state index in [1.807, 2.05) is 13.8 Å². The van der Waals surface area contributed by atoms with Crippen molar-refractivity contribution in [3.8, 4) is 0 Å². The summed E-state index contributed by atoms with van der Waals surface area (Å²) in [5, 5.41) is 3.07. The zero-order valence-electron chi connectivity index (χ0n) is 12.2. The lowest BCUT2D eigenvalue weighted by Crippen LogP contribution is -2.26. The summed E-state index contributed by atoms with van der Waals surface area (Å²) < 4.78 is 7.13. The predicted octanol–water partition coefficient (Wildman–Crippen LogP) is 2.44. The second-order valence-electron chi connectivity index (χ2n) is 4.83. The molecular weight excluding hydrogens is 242 g/mol. The number of nitrogens with one attached hydrogen (secondary N) is 1. The molecule has 5 heteroatoms. The van der Waals surface area contributed by atoms with Gasteiger partial charge in [-0.1, -0.05) is 13.3 Å². The first-order valence-electron chi connectivity index (χ1n) is 7.05. The maximum absolute atomic E-state index is 12.0. The number of hydrogen-bond acceptors (Lipinski definition) is 4. The zero-order chi connectivity index (χ0) is 14.1. The highest BCUT2D eigenvalue weighted by atomic mass is 16.5. The molecule has 0 aliphatic rings. The second kappa shape index (κ2) is 8.69. The molecule has 0 atom stereocenters. The van der Waals surface area contributed by atoms with Crippen molar-refractivity contribution in [2.24, 2.45) is 0 Å². The lowest BCUT2D eigenvalue weighted by atomic mass is 10.3. The number of aromatic nitrogens is 2. The van der Waals surface area contributed by atoms with Crippen LogP contribution in [0.15, 0.2) is 17.2 Å². The van der Waals surface area contributed by atoms with E-state index in [1.54, 1.807) is 17.0 Å². The van der Waals surface area contributed by atoms with E-state index in [-0.39, 0.29) is 11.6 Å². The van der Waals surface area contributed by atoms with E-state index in [1.165, 1.54) is 0 Å². The molecule has 108 valence electrons. The van der Waals surface area contributed by atoms with E-state index in [0.717, 1.165) is 32.5 Å². The molecule has 1 aromatic rings. The predicted molar refractivity (Wildman–Crippen MR) is 77.7 cm³/mol. The highest BCUT2D eigenvalue weighted by Crippen LogP contribution is 2.01. The van der Waals surface area contributed by atoms with Crippen LogP contribution in [0.25, 0.3) is 0 Å². The standard InChI is InChI=1S/C14H25N3O2/c1-4-5-10-19-11-6-7-15-13-14(18)17(12(2)3)9-8-16-13/h8-9,12H,4-7,10-11H2,1-3H3,(H,15,16). The van der Waals surface area contributed by atoms with Crippen LogP contribution in [0.2, 0.25) is 0 Å². The third-order valence-electron chi connectivity index (χ3n) is 2.82. The van der Waals surface area contributed by atoms with Gasteiger partial charge in [0.1, 0.15) is 0 Å². The minimum Gasteiger partial charge on any atom is -0.381 e. The van der Waals surface area contributed by atoms with E-state index in [4.69, 9.17) is 4.74 Å². The van der Waals surface area contributed by atoms with E-state index < -0.39 is 0 Å². The molecule has 0 amide bonds. The molecule has 0 spiro atoms. The molecule has 0 radical (unpaired) electrons. The van der Waals surface area contributed by atoms with Crippen LogP contribution in [0.5, 0.6) is 0 Å². The fourth-order valence-electron chi connectivity index (χ4n) is 1.68. The highest BCUT2D eigenvalue weighted by molar-refractivity contribution is 5.30. The SMILES string of the molecule is CCCCOCCCNc1nccn(C(C)C)c1=O. The Morgan fingerprint density at radius 3 is 2.79 bits per heavy atom. The summed E-state index contributed by atoms with van der Waals surface area (Å²) in [5.74, 6) is 0.421. The molecule has 1 heterocycles. The van der Waals surface area contributed by atoms with E-state index in [9.17, 15) is 4.79 Å². The summed E-state index contributed by atoms with van der Waals surface area (Å²) >= 11 is 0. The fraction of sp³-hybridized carbons (Fsp3) is 0.714. The molecule has 1 rings (SSSR count). The molecule has 0 aliphatic heterocycles. The van der Waals surface area contributed by atoms with Gasteiger partial charge in [-0.3, -0.25) is 4.79 Å². The number of ether oxygens (including phenoxy) is 1. The molecule has 0 saturated carbocycles. The average Bonchev–Trinajstić information content (AvgIpc) is 2.39. The van der Waals surface area contributed by atoms with Crippen LogP contribution in [-0.2, 0) is 4.74 Å². The normalized spacial score (nSPS) is 10.9. The lowest BCUT2D eigenvalue weighted by molar-refractivity contribution is 0.131. The van der Waals surface area contributed by atoms with Crippen LogP contribution in [-0.4, -0.2) is 29.3 Å². The monoisotopic (exact) mass is 267 g/mol. The minimum absolute atomic E-state index is 0.0654. The topological polar surface area (TPSA) is 56.1 Å². The maximum atomic E-state index is 12.0. The Morgan fingerprint density at radius 1 is 1.37 bits per heavy atom. The molecule has 0 unspecified atom stereocenters. The van der Waals surface area contributed by atoms with Gasteiger partial charge in [-0.2, -0.15) is 0 Å². The Kier molecular flexibility index (Phi) is 7.18. The molecular formula is C14H25N3O2. The number of unbranched alkanes of at least 4 members (excludes halogenated alkanes) is 1. The number of anilines is 1. The minimum atomic E-state index is -0.0654. The lowest BCUT2D eigenvalue weighted by Gasteiger charge is -2.11. The largest absolute Gasteiger partial charge is 0.381 e. The van der Waals surface area contributed by atoms with Gasteiger partial charge in [0.15, 0.2) is 5.82 Å². The summed E-state index contributed by atoms with van der Waals surface area (Å²) in [6, 6.07) is 0.147. The first-order chi connectivity index (χ1) is 9.16. The third-order valence-corrected chi connectivity index (χ3v) is 2.82. The maximum Gasteiger partial charge on any atom is 0.293 e. The van der Waals surface area contributed by atoms with E-state index >= 15 is 0 Å². The summed E-state index contributed by atoms with van der Waals surface area (Å²) in [6.45, 7) is 8.35. The van der Waals surface area contributed by atoms with Crippen LogP contribution in [0.3, 0.4) is 0 Å². The quantitative estimate of drug-likeness (QED) is 0.698. The fourth-order valence-corrected chi connectivity index (χ4v) is 1.68. The first-order valence-corrected chi connectivity index (χ1v) is 7.05. The van der Waals surface area contributed by atoms with Gasteiger partial charge in [-0.15, -0.1) is 0 Å². The van der Waals surface area contributed by atoms with Gasteiger partial charge in [-0.05, 0) is 26.7 Å². The average molecular weight is 267 g/mol. The van der Waals surface area contributed by atoms with Gasteiger partial charge < -0.3 is 14.6 Å². The molecule has 1 N–H and O–H groups in total. The van der Waals surface area contributed by atoms with Gasteiger partial charge in [0.2, 0.25) is 0 Å². The summed E-state index contributed by atoms with van der Waals surface area (Å²) in [5.41, 5.74) is -0.0654. The number of rotatable bonds is 9. The molecule has 0 aliphatic carbocycles. The van der Waals surface area contributed by atoms with Crippen LogP contribution in [0.4, 0.5) is 5.82 Å². The van der Waals surface area contributed by atoms with Crippen molar-refractivity contribution in [3.63, 3.8) is 0 Å². The van der Waals surface area contributed by atoms with E-state index in [2.05, 4.69) is 17.2 Å². The van der Waals surface area contributed by atoms with Crippen molar-refractivity contribution >= 4 is 5.82 Å². The van der Waals surface area contributed by atoms with Crippen LogP contribution >= 0.6 is 0 Å². The van der Waals surface area contributed by atoms with Crippen molar-refractivity contribution < 1.29 is 4.74 Å². The molecule has 1 aromatic heterocycles. The van der Waals surface area contributed by atoms with Crippen LogP contribution in [0, 0.1) is 0 Å². The molecule has 0 bridgehead atoms. The van der Waals surface area contributed by atoms with Gasteiger partial charge in [-0.25, -0.2) is 4.98 Å². The zero-order valence-corrected chi connectivity index (χ0v) is 12.2. The number of hydrogen-bond donors (Lipinski definition) is 1. The van der Waals surface area contributed by atoms with Crippen LogP contribution in [0.1, 0.15) is 46.1 Å². The Morgan fingerprint density at radius 2 is 2.11 bits per heavy atom. The first kappa shape index (κ1) is 15.7. The van der Waals surface area contributed by atoms with Crippen molar-refractivity contribution in [1.29, 1.82) is 0 Å². The molecule has 5 nitrogen and oxygen atoms in total. The molecule has 0 fully saturated rings. The summed E-state index contributed by atoms with van der Waals surface area (Å²) in [4.78, 5) is 16.1. The van der Waals surface area contributed by atoms with Gasteiger partial charge in [0, 0.05) is 38.2 Å². The Hall–Kier alpha value is -1.36. The molecule has 0 aromatic carbocycles. The molecule has 0 saturated heterocycles. The van der Waals surface area contributed by atoms with Crippen molar-refractivity contribution in [3.05, 3.63) is 22.7 Å². The van der Waals surface area contributed by atoms with Gasteiger partial charge in [0.25, 0.3) is 5.56 Å². The molecule has 19 heavy (non-hydrogen) atoms. The number of nitrogens with zero attached hydrogens (tertiary/aromatic N) is 2. The van der Waals surface area contributed by atoms with E-state index in [0.29, 0.717) is 12.4 Å². The van der Waals surface area contributed by atoms with Crippen LogP contribution < -0.4 is 10.9 Å². The highest BCUT2D eigenvalue weighted by Gasteiger charge is 2.06. The summed E-state index contributed by atoms with van der Waals surface area (Å²) in [6.07, 6.45) is 6.50. The smallest absolute Gasteiger partial charge is 0.293 e. The van der Waals surface area contributed by atoms with Crippen molar-refractivity contribution in [2.45, 2.75) is 46.1 Å².